The van der Waals surface area contributed by atoms with Gasteiger partial charge in [0.15, 0.2) is 0 Å². The van der Waals surface area contributed by atoms with Gasteiger partial charge in [-0.15, -0.1) is 0 Å². The molecule has 20 heavy (non-hydrogen) atoms. The predicted molar refractivity (Wildman–Crippen MR) is 75.7 cm³/mol. The second-order valence-corrected chi connectivity index (χ2v) is 4.32. The zero-order valence-electron chi connectivity index (χ0n) is 10.6. The molecule has 0 aliphatic heterocycles. The van der Waals surface area contributed by atoms with Gasteiger partial charge in [-0.2, -0.15) is 0 Å². The molecule has 0 aliphatic rings. The summed E-state index contributed by atoms with van der Waals surface area (Å²) in [5, 5.41) is 5.52. The molecule has 1 aromatic heterocycles. The molecule has 2 aromatic rings. The minimum absolute atomic E-state index is 0.154. The molecule has 2 N–H and O–H groups in total. The number of aromatic nitrogens is 2. The Morgan fingerprint density at radius 1 is 1.00 bits per heavy atom. The molecule has 102 valence electrons. The lowest BCUT2D eigenvalue weighted by Gasteiger charge is -2.06. The number of anilines is 2. The maximum atomic E-state index is 11.9. The minimum atomic E-state index is -0.388. The van der Waals surface area contributed by atoms with E-state index in [1.807, 2.05) is 0 Å². The highest BCUT2D eigenvalue weighted by Crippen LogP contribution is 2.14. The molecular formula is C13H11ClN4O2. The lowest BCUT2D eigenvalue weighted by Crippen LogP contribution is -2.14. The Labute approximate surface area is 120 Å². The van der Waals surface area contributed by atoms with Gasteiger partial charge in [0.1, 0.15) is 10.8 Å². The van der Waals surface area contributed by atoms with Crippen LogP contribution in [0.3, 0.4) is 0 Å². The van der Waals surface area contributed by atoms with Crippen molar-refractivity contribution in [1.29, 1.82) is 0 Å². The van der Waals surface area contributed by atoms with Crippen LogP contribution >= 0.6 is 11.6 Å². The van der Waals surface area contributed by atoms with Crippen LogP contribution in [0.15, 0.2) is 36.7 Å². The van der Waals surface area contributed by atoms with Crippen molar-refractivity contribution in [1.82, 2.24) is 9.97 Å². The Hall–Kier alpha value is -2.47. The van der Waals surface area contributed by atoms with Crippen molar-refractivity contribution in [3.63, 3.8) is 0 Å². The van der Waals surface area contributed by atoms with Crippen molar-refractivity contribution in [3.05, 3.63) is 47.5 Å². The van der Waals surface area contributed by atoms with Crippen molar-refractivity contribution < 1.29 is 9.59 Å². The molecule has 0 aliphatic carbocycles. The Balaban J connectivity index is 2.04. The maximum Gasteiger partial charge on any atom is 0.275 e. The number of benzene rings is 1. The molecule has 2 amide bonds. The van der Waals surface area contributed by atoms with Crippen molar-refractivity contribution >= 4 is 34.8 Å². The van der Waals surface area contributed by atoms with Gasteiger partial charge in [-0.1, -0.05) is 11.6 Å². The van der Waals surface area contributed by atoms with Gasteiger partial charge in [-0.3, -0.25) is 9.59 Å². The summed E-state index contributed by atoms with van der Waals surface area (Å²) in [5.74, 6) is -0.542. The highest BCUT2D eigenvalue weighted by molar-refractivity contribution is 6.29. The van der Waals surface area contributed by atoms with Crippen molar-refractivity contribution in [2.24, 2.45) is 0 Å². The van der Waals surface area contributed by atoms with Crippen molar-refractivity contribution in [3.8, 4) is 0 Å². The van der Waals surface area contributed by atoms with E-state index in [9.17, 15) is 9.59 Å². The lowest BCUT2D eigenvalue weighted by atomic mass is 10.2. The second-order valence-electron chi connectivity index (χ2n) is 3.94. The van der Waals surface area contributed by atoms with Crippen molar-refractivity contribution in [2.75, 3.05) is 10.6 Å². The van der Waals surface area contributed by atoms with Crippen LogP contribution in [0.1, 0.15) is 17.4 Å². The number of amides is 2. The summed E-state index contributed by atoms with van der Waals surface area (Å²) in [5.41, 5.74) is 1.41. The molecule has 2 rings (SSSR count). The second kappa shape index (κ2) is 6.12. The van der Waals surface area contributed by atoms with Gasteiger partial charge in [0.25, 0.3) is 5.91 Å². The number of nitrogens with one attached hydrogen (secondary N) is 2. The number of carbonyl (C=O) groups excluding carboxylic acids is 2. The molecule has 0 unspecified atom stereocenters. The van der Waals surface area contributed by atoms with Gasteiger partial charge < -0.3 is 10.6 Å². The molecular weight excluding hydrogens is 280 g/mol. The van der Waals surface area contributed by atoms with E-state index >= 15 is 0 Å². The van der Waals surface area contributed by atoms with Gasteiger partial charge in [0.2, 0.25) is 5.91 Å². The predicted octanol–water partition coefficient (Wildman–Crippen LogP) is 2.34. The molecule has 0 spiro atoms. The first-order valence-corrected chi connectivity index (χ1v) is 6.09. The molecule has 7 heteroatoms. The number of hydrogen-bond acceptors (Lipinski definition) is 4. The monoisotopic (exact) mass is 290 g/mol. The van der Waals surface area contributed by atoms with Crippen LogP contribution in [0.25, 0.3) is 0 Å². The smallest absolute Gasteiger partial charge is 0.275 e. The van der Waals surface area contributed by atoms with Crippen molar-refractivity contribution in [2.45, 2.75) is 6.92 Å². The average molecular weight is 291 g/mol. The molecule has 0 saturated heterocycles. The molecule has 0 fully saturated rings. The van der Waals surface area contributed by atoms with Crippen LogP contribution in [0.2, 0.25) is 5.15 Å². The Morgan fingerprint density at radius 2 is 1.60 bits per heavy atom. The van der Waals surface area contributed by atoms with Crippen LogP contribution in [0, 0.1) is 0 Å². The first-order valence-electron chi connectivity index (χ1n) is 5.71. The third-order valence-electron chi connectivity index (χ3n) is 2.32. The van der Waals surface area contributed by atoms with E-state index in [2.05, 4.69) is 20.6 Å². The van der Waals surface area contributed by atoms with Crippen LogP contribution < -0.4 is 10.6 Å². The fourth-order valence-corrected chi connectivity index (χ4v) is 1.56. The number of rotatable bonds is 3. The summed E-state index contributed by atoms with van der Waals surface area (Å²) < 4.78 is 0. The maximum absolute atomic E-state index is 11.9. The summed E-state index contributed by atoms with van der Waals surface area (Å²) in [7, 11) is 0. The van der Waals surface area contributed by atoms with Gasteiger partial charge in [-0.05, 0) is 24.3 Å². The topological polar surface area (TPSA) is 84.0 Å². The van der Waals surface area contributed by atoms with Gasteiger partial charge >= 0.3 is 0 Å². The van der Waals surface area contributed by atoms with E-state index in [1.54, 1.807) is 24.3 Å². The SMILES string of the molecule is CC(=O)Nc1ccc(NC(=O)c2cnc(Cl)cn2)cc1. The zero-order valence-corrected chi connectivity index (χ0v) is 11.3. The largest absolute Gasteiger partial charge is 0.326 e. The summed E-state index contributed by atoms with van der Waals surface area (Å²) >= 11 is 5.60. The summed E-state index contributed by atoms with van der Waals surface area (Å²) in [4.78, 5) is 30.4. The van der Waals surface area contributed by atoms with E-state index in [4.69, 9.17) is 11.6 Å². The Kier molecular flexibility index (Phi) is 4.27. The number of halogens is 1. The van der Waals surface area contributed by atoms with E-state index in [-0.39, 0.29) is 22.7 Å². The highest BCUT2D eigenvalue weighted by Gasteiger charge is 2.08. The third kappa shape index (κ3) is 3.76. The highest BCUT2D eigenvalue weighted by atomic mass is 35.5. The standard InChI is InChI=1S/C13H11ClN4O2/c1-8(19)17-9-2-4-10(5-3-9)18-13(20)11-6-16-12(14)7-15-11/h2-7H,1H3,(H,17,19)(H,18,20). The van der Waals surface area contributed by atoms with Gasteiger partial charge in [0, 0.05) is 18.3 Å². The third-order valence-corrected chi connectivity index (χ3v) is 2.51. The van der Waals surface area contributed by atoms with Gasteiger partial charge in [-0.25, -0.2) is 9.97 Å². The molecule has 0 radical (unpaired) electrons. The summed E-state index contributed by atoms with van der Waals surface area (Å²) in [6.07, 6.45) is 2.60. The molecule has 0 saturated carbocycles. The van der Waals surface area contributed by atoms with Crippen LogP contribution in [-0.2, 0) is 4.79 Å². The first kappa shape index (κ1) is 14.0. The molecule has 0 atom stereocenters. The lowest BCUT2D eigenvalue weighted by molar-refractivity contribution is -0.114. The molecule has 6 nitrogen and oxygen atoms in total. The van der Waals surface area contributed by atoms with Crippen LogP contribution in [0.4, 0.5) is 11.4 Å². The first-order chi connectivity index (χ1) is 9.54. The average Bonchev–Trinajstić information content (AvgIpc) is 2.41. The van der Waals surface area contributed by atoms with E-state index in [0.29, 0.717) is 11.4 Å². The van der Waals surface area contributed by atoms with Crippen LogP contribution in [-0.4, -0.2) is 21.8 Å². The normalized spacial score (nSPS) is 9.90. The molecule has 0 bridgehead atoms. The minimum Gasteiger partial charge on any atom is -0.326 e. The quantitative estimate of drug-likeness (QED) is 0.909. The Morgan fingerprint density at radius 3 is 2.10 bits per heavy atom. The fraction of sp³-hybridized carbons (Fsp3) is 0.0769. The fourth-order valence-electron chi connectivity index (χ4n) is 1.46. The Bertz CT molecular complexity index is 626. The summed E-state index contributed by atoms with van der Waals surface area (Å²) in [6, 6.07) is 6.72. The van der Waals surface area contributed by atoms with E-state index < -0.39 is 0 Å². The number of carbonyl (C=O) groups is 2. The van der Waals surface area contributed by atoms with E-state index in [0.717, 1.165) is 0 Å². The van der Waals surface area contributed by atoms with E-state index in [1.165, 1.54) is 19.3 Å². The number of nitrogens with zero attached hydrogens (tertiary/aromatic N) is 2. The molecule has 1 heterocycles. The summed E-state index contributed by atoms with van der Waals surface area (Å²) in [6.45, 7) is 1.43. The molecule has 1 aromatic carbocycles. The zero-order chi connectivity index (χ0) is 14.5. The van der Waals surface area contributed by atoms with Crippen LogP contribution in [0.5, 0.6) is 0 Å². The van der Waals surface area contributed by atoms with Gasteiger partial charge in [0.05, 0.1) is 12.4 Å². The number of hydrogen-bond donors (Lipinski definition) is 2.